The fourth-order valence-corrected chi connectivity index (χ4v) is 2.85. The van der Waals surface area contributed by atoms with Crippen LogP contribution in [-0.2, 0) is 20.9 Å². The number of methoxy groups -OCH3 is 1. The maximum atomic E-state index is 13.7. The van der Waals surface area contributed by atoms with Crippen LogP contribution < -0.4 is 4.74 Å². The van der Waals surface area contributed by atoms with E-state index >= 15 is 0 Å². The highest BCUT2D eigenvalue weighted by atomic mass is 19.1. The quantitative estimate of drug-likeness (QED) is 0.545. The van der Waals surface area contributed by atoms with E-state index in [9.17, 15) is 18.8 Å². The minimum atomic E-state index is -0.676. The molecule has 8 heteroatoms. The van der Waals surface area contributed by atoms with E-state index in [1.807, 2.05) is 0 Å². The number of furan rings is 1. The summed E-state index contributed by atoms with van der Waals surface area (Å²) in [5.41, 5.74) is 0.0723. The van der Waals surface area contributed by atoms with Crippen LogP contribution in [0.2, 0.25) is 0 Å². The third kappa shape index (κ3) is 4.33. The Morgan fingerprint density at radius 1 is 1.33 bits per heavy atom. The highest BCUT2D eigenvalue weighted by Gasteiger charge is 2.35. The highest BCUT2D eigenvalue weighted by Crippen LogP contribution is 2.22. The predicted octanol–water partition coefficient (Wildman–Crippen LogP) is 2.20. The standard InChI is InChI=1S/C19H18FNO6/c1-25-17-5-4-12(7-15(17)20)16(22)11-27-19(24)13-8-18(23)21(9-13)10-14-3-2-6-26-14/h2-7,13H,8-11H2,1H3/t13-/m1/s1. The molecule has 7 nitrogen and oxygen atoms in total. The molecule has 0 saturated carbocycles. The average Bonchev–Trinajstić information content (AvgIpc) is 3.30. The molecule has 142 valence electrons. The van der Waals surface area contributed by atoms with Crippen LogP contribution in [-0.4, -0.2) is 42.8 Å². The number of Topliss-reactive ketones (excluding diaryl/α,β-unsaturated/α-hetero) is 1. The second-order valence-electron chi connectivity index (χ2n) is 6.13. The van der Waals surface area contributed by atoms with Gasteiger partial charge in [0, 0.05) is 18.5 Å². The van der Waals surface area contributed by atoms with Gasteiger partial charge in [-0.05, 0) is 30.3 Å². The van der Waals surface area contributed by atoms with Crippen molar-refractivity contribution in [3.8, 4) is 5.75 Å². The molecule has 1 aliphatic heterocycles. The molecule has 0 radical (unpaired) electrons. The van der Waals surface area contributed by atoms with Crippen molar-refractivity contribution in [2.75, 3.05) is 20.3 Å². The van der Waals surface area contributed by atoms with E-state index in [-0.39, 0.29) is 36.7 Å². The van der Waals surface area contributed by atoms with Crippen molar-refractivity contribution in [3.05, 3.63) is 53.7 Å². The maximum absolute atomic E-state index is 13.7. The Morgan fingerprint density at radius 2 is 2.15 bits per heavy atom. The van der Waals surface area contributed by atoms with Gasteiger partial charge in [-0.15, -0.1) is 0 Å². The monoisotopic (exact) mass is 375 g/mol. The predicted molar refractivity (Wildman–Crippen MR) is 90.5 cm³/mol. The van der Waals surface area contributed by atoms with E-state index in [4.69, 9.17) is 13.9 Å². The first kappa shape index (κ1) is 18.6. The van der Waals surface area contributed by atoms with Crippen LogP contribution in [0.3, 0.4) is 0 Å². The third-order valence-corrected chi connectivity index (χ3v) is 4.29. The molecule has 2 aromatic rings. The summed E-state index contributed by atoms with van der Waals surface area (Å²) < 4.78 is 28.7. The molecule has 1 fully saturated rings. The van der Waals surface area contributed by atoms with Crippen LogP contribution in [0, 0.1) is 11.7 Å². The lowest BCUT2D eigenvalue weighted by Crippen LogP contribution is -2.27. The topological polar surface area (TPSA) is 86.0 Å². The van der Waals surface area contributed by atoms with Crippen molar-refractivity contribution in [2.24, 2.45) is 5.92 Å². The minimum absolute atomic E-state index is 0.0182. The summed E-state index contributed by atoms with van der Waals surface area (Å²) in [6.07, 6.45) is 1.53. The molecule has 1 aliphatic rings. The van der Waals surface area contributed by atoms with Gasteiger partial charge in [-0.1, -0.05) is 0 Å². The van der Waals surface area contributed by atoms with Crippen LogP contribution in [0.15, 0.2) is 41.0 Å². The van der Waals surface area contributed by atoms with Crippen molar-refractivity contribution >= 4 is 17.7 Å². The summed E-state index contributed by atoms with van der Waals surface area (Å²) in [6.45, 7) is -0.0448. The fraction of sp³-hybridized carbons (Fsp3) is 0.316. The third-order valence-electron chi connectivity index (χ3n) is 4.29. The molecule has 0 spiro atoms. The number of esters is 1. The normalized spacial score (nSPS) is 16.4. The van der Waals surface area contributed by atoms with Crippen molar-refractivity contribution in [1.29, 1.82) is 0 Å². The van der Waals surface area contributed by atoms with Gasteiger partial charge >= 0.3 is 5.97 Å². The number of rotatable bonds is 7. The van der Waals surface area contributed by atoms with E-state index < -0.39 is 30.1 Å². The molecular formula is C19H18FNO6. The Kier molecular flexibility index (Phi) is 5.54. The van der Waals surface area contributed by atoms with Crippen LogP contribution in [0.25, 0.3) is 0 Å². The first-order chi connectivity index (χ1) is 13.0. The van der Waals surface area contributed by atoms with Gasteiger partial charge in [0.05, 0.1) is 25.8 Å². The van der Waals surface area contributed by atoms with Gasteiger partial charge in [-0.25, -0.2) is 4.39 Å². The van der Waals surface area contributed by atoms with E-state index in [1.54, 1.807) is 12.1 Å². The number of hydrogen-bond acceptors (Lipinski definition) is 6. The van der Waals surface area contributed by atoms with Gasteiger partial charge in [0.1, 0.15) is 5.76 Å². The molecule has 1 aromatic heterocycles. The molecular weight excluding hydrogens is 357 g/mol. The van der Waals surface area contributed by atoms with Crippen LogP contribution >= 0.6 is 0 Å². The van der Waals surface area contributed by atoms with Gasteiger partial charge in [-0.2, -0.15) is 0 Å². The second kappa shape index (κ2) is 8.03. The molecule has 3 rings (SSSR count). The van der Waals surface area contributed by atoms with Gasteiger partial charge in [0.25, 0.3) is 0 Å². The van der Waals surface area contributed by atoms with Crippen molar-refractivity contribution in [2.45, 2.75) is 13.0 Å². The largest absolute Gasteiger partial charge is 0.494 e. The molecule has 2 heterocycles. The summed E-state index contributed by atoms with van der Waals surface area (Å²) in [7, 11) is 1.32. The van der Waals surface area contributed by atoms with Crippen molar-refractivity contribution in [1.82, 2.24) is 4.90 Å². The van der Waals surface area contributed by atoms with Crippen molar-refractivity contribution in [3.63, 3.8) is 0 Å². The number of ether oxygens (including phenoxy) is 2. The average molecular weight is 375 g/mol. The lowest BCUT2D eigenvalue weighted by molar-refractivity contribution is -0.147. The molecule has 0 aliphatic carbocycles. The molecule has 0 bridgehead atoms. The van der Waals surface area contributed by atoms with Crippen LogP contribution in [0.1, 0.15) is 22.5 Å². The molecule has 1 atom stereocenters. The van der Waals surface area contributed by atoms with Gasteiger partial charge in [0.15, 0.2) is 24.0 Å². The second-order valence-corrected chi connectivity index (χ2v) is 6.13. The SMILES string of the molecule is COc1ccc(C(=O)COC(=O)[C@@H]2CC(=O)N(Cc3ccco3)C2)cc1F. The zero-order chi connectivity index (χ0) is 19.4. The zero-order valence-electron chi connectivity index (χ0n) is 14.6. The summed E-state index contributed by atoms with van der Waals surface area (Å²) in [6, 6.07) is 7.20. The first-order valence-electron chi connectivity index (χ1n) is 8.31. The Labute approximate surface area is 154 Å². The van der Waals surface area contributed by atoms with Gasteiger partial charge in [0.2, 0.25) is 5.91 Å². The van der Waals surface area contributed by atoms with E-state index in [0.29, 0.717) is 5.76 Å². The molecule has 0 unspecified atom stereocenters. The number of nitrogens with zero attached hydrogens (tertiary/aromatic N) is 1. The summed E-state index contributed by atoms with van der Waals surface area (Å²) in [5.74, 6) is -2.04. The molecule has 27 heavy (non-hydrogen) atoms. The van der Waals surface area contributed by atoms with Gasteiger partial charge in [-0.3, -0.25) is 14.4 Å². The zero-order valence-corrected chi connectivity index (χ0v) is 14.6. The summed E-state index contributed by atoms with van der Waals surface area (Å²) in [5, 5.41) is 0. The number of carbonyl (C=O) groups excluding carboxylic acids is 3. The Morgan fingerprint density at radius 3 is 2.81 bits per heavy atom. The number of carbonyl (C=O) groups is 3. The molecule has 1 amide bonds. The smallest absolute Gasteiger partial charge is 0.311 e. The number of benzene rings is 1. The van der Waals surface area contributed by atoms with E-state index in [2.05, 4.69) is 0 Å². The maximum Gasteiger partial charge on any atom is 0.311 e. The molecule has 0 N–H and O–H groups in total. The molecule has 1 saturated heterocycles. The number of likely N-dealkylation sites (tertiary alicyclic amines) is 1. The Hall–Kier alpha value is -3.16. The fourth-order valence-electron chi connectivity index (χ4n) is 2.85. The van der Waals surface area contributed by atoms with Gasteiger partial charge < -0.3 is 18.8 Å². The van der Waals surface area contributed by atoms with Crippen molar-refractivity contribution < 1.29 is 32.7 Å². The lowest BCUT2D eigenvalue weighted by Gasteiger charge is -2.14. The van der Waals surface area contributed by atoms with Crippen LogP contribution in [0.5, 0.6) is 5.75 Å². The Balaban J connectivity index is 1.52. The number of halogens is 1. The van der Waals surface area contributed by atoms with E-state index in [1.165, 1.54) is 30.4 Å². The number of hydrogen-bond donors (Lipinski definition) is 0. The number of amides is 1. The Bertz CT molecular complexity index is 848. The lowest BCUT2D eigenvalue weighted by atomic mass is 10.1. The van der Waals surface area contributed by atoms with Crippen LogP contribution in [0.4, 0.5) is 4.39 Å². The summed E-state index contributed by atoms with van der Waals surface area (Å²) >= 11 is 0. The number of ketones is 1. The minimum Gasteiger partial charge on any atom is -0.494 e. The highest BCUT2D eigenvalue weighted by molar-refractivity contribution is 5.98. The first-order valence-corrected chi connectivity index (χ1v) is 8.31. The summed E-state index contributed by atoms with van der Waals surface area (Å²) in [4.78, 5) is 37.8. The van der Waals surface area contributed by atoms with E-state index in [0.717, 1.165) is 6.07 Å². The molecule has 1 aromatic carbocycles.